The molecule has 1 aromatic rings. The Morgan fingerprint density at radius 3 is 2.72 bits per heavy atom. The first-order valence-electron chi connectivity index (χ1n) is 6.06. The smallest absolute Gasteiger partial charge is 0.329 e. The predicted octanol–water partition coefficient (Wildman–Crippen LogP) is 2.37. The van der Waals surface area contributed by atoms with E-state index in [2.05, 4.69) is 5.32 Å². The van der Waals surface area contributed by atoms with Gasteiger partial charge in [0.25, 0.3) is 0 Å². The van der Waals surface area contributed by atoms with Crippen LogP contribution in [0.4, 0.5) is 5.69 Å². The summed E-state index contributed by atoms with van der Waals surface area (Å²) >= 11 is 0. The van der Waals surface area contributed by atoms with E-state index in [1.165, 1.54) is 0 Å². The average molecular weight is 249 g/mol. The molecule has 4 nitrogen and oxygen atoms in total. The third-order valence-corrected chi connectivity index (χ3v) is 2.78. The zero-order valence-corrected chi connectivity index (χ0v) is 11.2. The van der Waals surface area contributed by atoms with Crippen LogP contribution in [0.2, 0.25) is 0 Å². The van der Waals surface area contributed by atoms with E-state index in [0.717, 1.165) is 17.0 Å². The fourth-order valence-corrected chi connectivity index (χ4v) is 2.06. The molecule has 4 heteroatoms. The summed E-state index contributed by atoms with van der Waals surface area (Å²) in [6, 6.07) is 5.43. The molecule has 18 heavy (non-hydrogen) atoms. The topological polar surface area (TPSA) is 47.6 Å². The predicted molar refractivity (Wildman–Crippen MR) is 70.0 cm³/mol. The van der Waals surface area contributed by atoms with Gasteiger partial charge < -0.3 is 14.8 Å². The van der Waals surface area contributed by atoms with E-state index < -0.39 is 5.60 Å². The molecular weight excluding hydrogens is 230 g/mol. The highest BCUT2D eigenvalue weighted by atomic mass is 16.6. The van der Waals surface area contributed by atoms with Crippen molar-refractivity contribution in [2.24, 2.45) is 0 Å². The maximum Gasteiger partial charge on any atom is 0.329 e. The SMILES string of the molecule is COc1cccc2c1CC(C(=O)OC(C)(C)C)N2. The Labute approximate surface area is 107 Å². The van der Waals surface area contributed by atoms with Gasteiger partial charge >= 0.3 is 5.97 Å². The number of hydrogen-bond acceptors (Lipinski definition) is 4. The lowest BCUT2D eigenvalue weighted by Gasteiger charge is -2.22. The molecule has 0 bridgehead atoms. The Kier molecular flexibility index (Phi) is 3.20. The van der Waals surface area contributed by atoms with Crippen molar-refractivity contribution >= 4 is 11.7 Å². The van der Waals surface area contributed by atoms with Gasteiger partial charge in [-0.15, -0.1) is 0 Å². The van der Waals surface area contributed by atoms with Gasteiger partial charge in [0.1, 0.15) is 17.4 Å². The fourth-order valence-electron chi connectivity index (χ4n) is 2.06. The average Bonchev–Trinajstić information content (AvgIpc) is 2.70. The zero-order chi connectivity index (χ0) is 13.3. The minimum Gasteiger partial charge on any atom is -0.496 e. The fraction of sp³-hybridized carbons (Fsp3) is 0.500. The van der Waals surface area contributed by atoms with Gasteiger partial charge in [-0.05, 0) is 32.9 Å². The number of hydrogen-bond donors (Lipinski definition) is 1. The van der Waals surface area contributed by atoms with Crippen LogP contribution < -0.4 is 10.1 Å². The second kappa shape index (κ2) is 4.52. The number of carbonyl (C=O) groups is 1. The van der Waals surface area contributed by atoms with Crippen molar-refractivity contribution in [1.82, 2.24) is 0 Å². The third kappa shape index (κ3) is 2.58. The van der Waals surface area contributed by atoms with Crippen LogP contribution in [0.1, 0.15) is 26.3 Å². The number of fused-ring (bicyclic) bond motifs is 1. The first-order valence-corrected chi connectivity index (χ1v) is 6.06. The highest BCUT2D eigenvalue weighted by molar-refractivity contribution is 5.84. The summed E-state index contributed by atoms with van der Waals surface area (Å²) in [6.45, 7) is 5.61. The number of nitrogens with one attached hydrogen (secondary N) is 1. The van der Waals surface area contributed by atoms with Crippen LogP contribution in [0, 0.1) is 0 Å². The minimum atomic E-state index is -0.461. The van der Waals surface area contributed by atoms with E-state index in [4.69, 9.17) is 9.47 Å². The lowest BCUT2D eigenvalue weighted by atomic mass is 10.1. The summed E-state index contributed by atoms with van der Waals surface area (Å²) in [5.41, 5.74) is 1.53. The summed E-state index contributed by atoms with van der Waals surface area (Å²) in [7, 11) is 1.64. The quantitative estimate of drug-likeness (QED) is 0.817. The van der Waals surface area contributed by atoms with E-state index >= 15 is 0 Å². The monoisotopic (exact) mass is 249 g/mol. The van der Waals surface area contributed by atoms with Crippen molar-refractivity contribution in [3.63, 3.8) is 0 Å². The number of rotatable bonds is 2. The molecule has 2 rings (SSSR count). The molecule has 0 spiro atoms. The zero-order valence-electron chi connectivity index (χ0n) is 11.2. The maximum atomic E-state index is 12.0. The molecule has 1 heterocycles. The molecule has 0 saturated carbocycles. The lowest BCUT2D eigenvalue weighted by Crippen LogP contribution is -2.35. The number of ether oxygens (including phenoxy) is 2. The first kappa shape index (κ1) is 12.7. The van der Waals surface area contributed by atoms with Crippen molar-refractivity contribution in [2.45, 2.75) is 38.8 Å². The van der Waals surface area contributed by atoms with E-state index in [1.54, 1.807) is 7.11 Å². The number of esters is 1. The summed E-state index contributed by atoms with van der Waals surface area (Å²) in [4.78, 5) is 12.0. The second-order valence-corrected chi connectivity index (χ2v) is 5.42. The van der Waals surface area contributed by atoms with Crippen LogP contribution in [0.15, 0.2) is 18.2 Å². The normalized spacial score (nSPS) is 17.9. The van der Waals surface area contributed by atoms with Crippen LogP contribution in [-0.2, 0) is 16.0 Å². The largest absolute Gasteiger partial charge is 0.496 e. The van der Waals surface area contributed by atoms with Gasteiger partial charge in [-0.25, -0.2) is 4.79 Å². The maximum absolute atomic E-state index is 12.0. The van der Waals surface area contributed by atoms with Gasteiger partial charge in [-0.2, -0.15) is 0 Å². The molecule has 1 atom stereocenters. The number of anilines is 1. The molecular formula is C14H19NO3. The highest BCUT2D eigenvalue weighted by Gasteiger charge is 2.32. The molecule has 0 amide bonds. The Morgan fingerprint density at radius 2 is 2.11 bits per heavy atom. The molecule has 0 aromatic heterocycles. The van der Waals surface area contributed by atoms with Crippen molar-refractivity contribution in [1.29, 1.82) is 0 Å². The third-order valence-electron chi connectivity index (χ3n) is 2.78. The van der Waals surface area contributed by atoms with E-state index in [-0.39, 0.29) is 12.0 Å². The van der Waals surface area contributed by atoms with Crippen LogP contribution >= 0.6 is 0 Å². The van der Waals surface area contributed by atoms with Crippen LogP contribution in [-0.4, -0.2) is 24.7 Å². The summed E-state index contributed by atoms with van der Waals surface area (Å²) in [6.07, 6.45) is 0.605. The Morgan fingerprint density at radius 1 is 1.39 bits per heavy atom. The van der Waals surface area contributed by atoms with E-state index in [0.29, 0.717) is 6.42 Å². The molecule has 1 aliphatic rings. The molecule has 98 valence electrons. The second-order valence-electron chi connectivity index (χ2n) is 5.42. The Bertz CT molecular complexity index is 463. The molecule has 1 aliphatic heterocycles. The molecule has 0 saturated heterocycles. The van der Waals surface area contributed by atoms with Gasteiger partial charge in [-0.1, -0.05) is 6.07 Å². The molecule has 0 radical (unpaired) electrons. The highest BCUT2D eigenvalue weighted by Crippen LogP contribution is 2.34. The minimum absolute atomic E-state index is 0.222. The van der Waals surface area contributed by atoms with Gasteiger partial charge in [-0.3, -0.25) is 0 Å². The van der Waals surface area contributed by atoms with Crippen molar-refractivity contribution in [3.05, 3.63) is 23.8 Å². The Balaban J connectivity index is 2.13. The summed E-state index contributed by atoms with van der Waals surface area (Å²) in [5, 5.41) is 3.18. The van der Waals surface area contributed by atoms with Crippen LogP contribution in [0.5, 0.6) is 5.75 Å². The van der Waals surface area contributed by atoms with Gasteiger partial charge in [0.2, 0.25) is 0 Å². The van der Waals surface area contributed by atoms with Gasteiger partial charge in [0, 0.05) is 17.7 Å². The number of benzene rings is 1. The molecule has 1 unspecified atom stereocenters. The first-order chi connectivity index (χ1) is 8.40. The summed E-state index contributed by atoms with van der Waals surface area (Å²) in [5.74, 6) is 0.590. The Hall–Kier alpha value is -1.71. The number of carbonyl (C=O) groups excluding carboxylic acids is 1. The van der Waals surface area contributed by atoms with Crippen molar-refractivity contribution in [3.8, 4) is 5.75 Å². The summed E-state index contributed by atoms with van der Waals surface area (Å²) < 4.78 is 10.7. The standard InChI is InChI=1S/C14H19NO3/c1-14(2,3)18-13(16)11-8-9-10(15-11)6-5-7-12(9)17-4/h5-7,11,15H,8H2,1-4H3. The van der Waals surface area contributed by atoms with Crippen molar-refractivity contribution in [2.75, 3.05) is 12.4 Å². The molecule has 1 aromatic carbocycles. The number of methoxy groups -OCH3 is 1. The van der Waals surface area contributed by atoms with E-state index in [9.17, 15) is 4.79 Å². The lowest BCUT2D eigenvalue weighted by molar-refractivity contribution is -0.155. The molecule has 1 N–H and O–H groups in total. The van der Waals surface area contributed by atoms with E-state index in [1.807, 2.05) is 39.0 Å². The van der Waals surface area contributed by atoms with Gasteiger partial charge in [0.05, 0.1) is 7.11 Å². The molecule has 0 aliphatic carbocycles. The van der Waals surface area contributed by atoms with Crippen LogP contribution in [0.3, 0.4) is 0 Å². The van der Waals surface area contributed by atoms with Crippen molar-refractivity contribution < 1.29 is 14.3 Å². The molecule has 0 fully saturated rings. The van der Waals surface area contributed by atoms with Crippen LogP contribution in [0.25, 0.3) is 0 Å². The van der Waals surface area contributed by atoms with Gasteiger partial charge in [0.15, 0.2) is 0 Å².